The molecule has 2 fully saturated rings. The number of thiophene rings is 2. The van der Waals surface area contributed by atoms with Crippen molar-refractivity contribution in [1.82, 2.24) is 9.80 Å². The molecule has 390 valence electrons. The van der Waals surface area contributed by atoms with Gasteiger partial charge in [-0.1, -0.05) is 168 Å². The van der Waals surface area contributed by atoms with Crippen LogP contribution in [0.25, 0.3) is 11.4 Å². The molecule has 0 radical (unpaired) electrons. The fraction of sp³-hybridized carbons (Fsp3) is 0.759. The van der Waals surface area contributed by atoms with Crippen LogP contribution in [0.1, 0.15) is 247 Å². The van der Waals surface area contributed by atoms with Gasteiger partial charge in [-0.05, 0) is 105 Å². The van der Waals surface area contributed by atoms with E-state index >= 15 is 9.59 Å². The van der Waals surface area contributed by atoms with Crippen molar-refractivity contribution in [1.29, 1.82) is 0 Å². The molecule has 4 aliphatic heterocycles. The van der Waals surface area contributed by atoms with Crippen LogP contribution in [-0.2, 0) is 28.2 Å². The molecule has 2 amide bonds. The minimum absolute atomic E-state index is 0.0380. The summed E-state index contributed by atoms with van der Waals surface area (Å²) < 4.78 is 28.3. The monoisotopic (exact) mass is 1000 g/mol. The van der Waals surface area contributed by atoms with Crippen LogP contribution in [0.4, 0.5) is 0 Å². The van der Waals surface area contributed by atoms with Gasteiger partial charge in [-0.3, -0.25) is 9.59 Å². The first kappa shape index (κ1) is 57.1. The van der Waals surface area contributed by atoms with E-state index in [0.717, 1.165) is 82.1 Å². The summed E-state index contributed by atoms with van der Waals surface area (Å²) >= 11 is 3.22. The van der Waals surface area contributed by atoms with Gasteiger partial charge in [0.2, 0.25) is 0 Å². The Morgan fingerprint density at radius 2 is 0.700 bits per heavy atom. The van der Waals surface area contributed by atoms with Crippen molar-refractivity contribution in [2.45, 2.75) is 260 Å². The molecule has 0 spiro atoms. The number of fused-ring (bicyclic) bond motifs is 1. The molecule has 2 unspecified atom stereocenters. The number of nitrogens with zero attached hydrogens (tertiary/aromatic N) is 2. The van der Waals surface area contributed by atoms with Gasteiger partial charge in [0.25, 0.3) is 11.8 Å². The fourth-order valence-corrected chi connectivity index (χ4v) is 12.8. The Bertz CT molecular complexity index is 1890. The van der Waals surface area contributed by atoms with Crippen LogP contribution >= 0.6 is 22.7 Å². The Balaban J connectivity index is 1.45. The second-order valence-electron chi connectivity index (χ2n) is 23.4. The van der Waals surface area contributed by atoms with Crippen molar-refractivity contribution in [3.8, 4) is 0 Å². The minimum Gasteiger partial charge on any atom is -0.399 e. The number of amides is 2. The topological polar surface area (TPSA) is 77.5 Å². The predicted octanol–water partition coefficient (Wildman–Crippen LogP) is 14.9. The normalized spacial score (nSPS) is 20.3. The lowest BCUT2D eigenvalue weighted by atomic mass is 9.88. The molecule has 0 saturated carbocycles. The maximum absolute atomic E-state index is 15.9. The van der Waals surface area contributed by atoms with E-state index in [1.54, 1.807) is 22.7 Å². The fourth-order valence-electron chi connectivity index (χ4n) is 10.7. The molecule has 0 aromatic carbocycles. The number of hydrogen-bond donors (Lipinski definition) is 0. The molecule has 2 saturated heterocycles. The highest BCUT2D eigenvalue weighted by molar-refractivity contribution is 7.23. The highest BCUT2D eigenvalue weighted by atomic mass is 32.1. The van der Waals surface area contributed by atoms with E-state index in [1.807, 2.05) is 9.80 Å². The molecular weight excluding hydrogens is 906 g/mol. The van der Waals surface area contributed by atoms with Crippen molar-refractivity contribution >= 4 is 69.7 Å². The molecule has 6 rings (SSSR count). The number of carbonyl (C=O) groups is 2. The van der Waals surface area contributed by atoms with Gasteiger partial charge >= 0.3 is 14.2 Å². The first-order valence-electron chi connectivity index (χ1n) is 28.4. The van der Waals surface area contributed by atoms with Crippen molar-refractivity contribution in [3.05, 3.63) is 45.2 Å². The zero-order valence-corrected chi connectivity index (χ0v) is 47.8. The van der Waals surface area contributed by atoms with Gasteiger partial charge in [0.1, 0.15) is 0 Å². The lowest BCUT2D eigenvalue weighted by Crippen LogP contribution is -2.41. The molecule has 0 N–H and O–H groups in total. The van der Waals surface area contributed by atoms with Gasteiger partial charge in [0.15, 0.2) is 0 Å². The average molecular weight is 1000 g/mol. The van der Waals surface area contributed by atoms with E-state index in [9.17, 15) is 0 Å². The van der Waals surface area contributed by atoms with Crippen LogP contribution in [0.2, 0.25) is 0 Å². The summed E-state index contributed by atoms with van der Waals surface area (Å²) in [5.41, 5.74) is 0.730. The van der Waals surface area contributed by atoms with E-state index in [4.69, 9.17) is 18.6 Å². The lowest BCUT2D eigenvalue weighted by molar-refractivity contribution is -0.124. The molecule has 2 aromatic heterocycles. The van der Waals surface area contributed by atoms with E-state index in [1.165, 1.54) is 103 Å². The van der Waals surface area contributed by atoms with Crippen LogP contribution in [-0.4, -0.2) is 71.3 Å². The SMILES string of the molecule is CCCCCCCCC(CCCCCC)CN1C(=O)C2=C(c3ccc(B4OC(C)(C)C(C)(C)O4)s3)N(CC(CCCCCC)CCCCCCCC)C(=O)C2=C1c1ccc(B2OC(C)(C)C(C)(C)O2)s1. The third-order valence-electron chi connectivity index (χ3n) is 16.6. The molecule has 12 heteroatoms. The molecular formula is C58H94B2N2O6S2. The zero-order valence-electron chi connectivity index (χ0n) is 46.2. The molecule has 0 bridgehead atoms. The first-order valence-corrected chi connectivity index (χ1v) is 30.1. The van der Waals surface area contributed by atoms with Gasteiger partial charge in [-0.15, -0.1) is 22.7 Å². The van der Waals surface area contributed by atoms with E-state index in [2.05, 4.69) is 107 Å². The third-order valence-corrected chi connectivity index (χ3v) is 18.8. The maximum atomic E-state index is 15.9. The second-order valence-corrected chi connectivity index (χ2v) is 25.6. The molecule has 2 aromatic rings. The minimum atomic E-state index is -0.532. The van der Waals surface area contributed by atoms with Gasteiger partial charge in [0.05, 0.1) is 54.7 Å². The molecule has 6 heterocycles. The van der Waals surface area contributed by atoms with Gasteiger partial charge in [-0.2, -0.15) is 0 Å². The van der Waals surface area contributed by atoms with Crippen molar-refractivity contribution in [2.24, 2.45) is 11.8 Å². The molecule has 4 aliphatic rings. The molecule has 2 atom stereocenters. The first-order chi connectivity index (χ1) is 33.4. The number of hydrogen-bond acceptors (Lipinski definition) is 8. The van der Waals surface area contributed by atoms with Gasteiger partial charge < -0.3 is 28.4 Å². The summed E-state index contributed by atoms with van der Waals surface area (Å²) in [7, 11) is -1.06. The van der Waals surface area contributed by atoms with E-state index in [-0.39, 0.29) is 11.8 Å². The maximum Gasteiger partial charge on any atom is 0.505 e. The van der Waals surface area contributed by atoms with Crippen LogP contribution < -0.4 is 9.55 Å². The highest BCUT2D eigenvalue weighted by Gasteiger charge is 2.55. The Morgan fingerprint density at radius 3 is 1.00 bits per heavy atom. The summed E-state index contributed by atoms with van der Waals surface area (Å²) in [6, 6.07) is 8.43. The highest BCUT2D eigenvalue weighted by Crippen LogP contribution is 2.50. The third kappa shape index (κ3) is 13.7. The predicted molar refractivity (Wildman–Crippen MR) is 298 cm³/mol. The smallest absolute Gasteiger partial charge is 0.399 e. The average Bonchev–Trinajstić information content (AvgIpc) is 4.15. The number of carbonyl (C=O) groups excluding carboxylic acids is 2. The number of unbranched alkanes of at least 4 members (excludes halogenated alkanes) is 16. The van der Waals surface area contributed by atoms with Crippen molar-refractivity contribution in [2.75, 3.05) is 13.1 Å². The Labute approximate surface area is 435 Å². The summed E-state index contributed by atoms with van der Waals surface area (Å²) in [5, 5.41) is 0. The Morgan fingerprint density at radius 1 is 0.429 bits per heavy atom. The summed E-state index contributed by atoms with van der Waals surface area (Å²) in [4.78, 5) is 37.7. The Kier molecular flexibility index (Phi) is 21.1. The van der Waals surface area contributed by atoms with Crippen molar-refractivity contribution in [3.63, 3.8) is 0 Å². The van der Waals surface area contributed by atoms with Crippen molar-refractivity contribution < 1.29 is 28.2 Å². The summed E-state index contributed by atoms with van der Waals surface area (Å²) in [6.45, 7) is 27.0. The summed E-state index contributed by atoms with van der Waals surface area (Å²) in [6.07, 6.45) is 28.8. The Hall–Kier alpha value is -2.21. The van der Waals surface area contributed by atoms with Crippen LogP contribution in [0.3, 0.4) is 0 Å². The zero-order chi connectivity index (χ0) is 50.7. The standard InChI is InChI=1S/C58H94B2N2O6S2/c1-13-17-21-25-27-31-35-43(33-29-23-19-15-3)41-61-51(45-37-39-47(69-45)59-65-55(5,6)56(7,8)66-59)49-50(53(61)63)52(46-38-40-48(70-46)60-67-57(9,10)58(11,12)68-60)62(54(49)64)42-44(34-30-24-20-16-4)36-32-28-26-22-18-14-2/h37-40,43-44H,13-36,41-42H2,1-12H3. The molecule has 0 aliphatic carbocycles. The number of rotatable bonds is 32. The largest absolute Gasteiger partial charge is 0.505 e. The lowest BCUT2D eigenvalue weighted by Gasteiger charge is -2.32. The summed E-state index contributed by atoms with van der Waals surface area (Å²) in [5.74, 6) is 0.592. The van der Waals surface area contributed by atoms with Gasteiger partial charge in [0, 0.05) is 22.6 Å². The van der Waals surface area contributed by atoms with Gasteiger partial charge in [-0.25, -0.2) is 0 Å². The quantitative estimate of drug-likeness (QED) is 0.0537. The molecule has 70 heavy (non-hydrogen) atoms. The van der Waals surface area contributed by atoms with E-state index < -0.39 is 36.6 Å². The van der Waals surface area contributed by atoms with Crippen LogP contribution in [0.5, 0.6) is 0 Å². The van der Waals surface area contributed by atoms with Crippen LogP contribution in [0.15, 0.2) is 35.4 Å². The van der Waals surface area contributed by atoms with Crippen LogP contribution in [0, 0.1) is 11.8 Å². The molecule has 8 nitrogen and oxygen atoms in total. The second kappa shape index (κ2) is 25.8. The van der Waals surface area contributed by atoms with E-state index in [0.29, 0.717) is 36.1 Å².